The second kappa shape index (κ2) is 4.52. The predicted octanol–water partition coefficient (Wildman–Crippen LogP) is 1.55. The molecular weight excluding hydrogens is 190 g/mol. The average Bonchev–Trinajstić information content (AvgIpc) is 2.23. The van der Waals surface area contributed by atoms with E-state index in [1.165, 1.54) is 0 Å². The molecule has 3 heteroatoms. The first-order chi connectivity index (χ1) is 7.18. The van der Waals surface area contributed by atoms with Crippen LogP contribution in [0.4, 0.5) is 0 Å². The summed E-state index contributed by atoms with van der Waals surface area (Å²) in [5, 5.41) is 9.68. The molecule has 0 aromatic rings. The summed E-state index contributed by atoms with van der Waals surface area (Å²) >= 11 is 0. The molecule has 2 fully saturated rings. The Labute approximate surface area is 91.5 Å². The second-order valence-electron chi connectivity index (χ2n) is 5.06. The average molecular weight is 211 g/mol. The van der Waals surface area contributed by atoms with Gasteiger partial charge in [-0.3, -0.25) is 4.79 Å². The van der Waals surface area contributed by atoms with Crippen LogP contribution in [-0.2, 0) is 4.79 Å². The molecule has 3 atom stereocenters. The minimum Gasteiger partial charge on any atom is -0.393 e. The van der Waals surface area contributed by atoms with Crippen molar-refractivity contribution in [1.82, 2.24) is 4.90 Å². The molecule has 0 spiro atoms. The highest BCUT2D eigenvalue weighted by Crippen LogP contribution is 2.30. The van der Waals surface area contributed by atoms with Crippen molar-refractivity contribution in [3.63, 3.8) is 0 Å². The first kappa shape index (κ1) is 10.9. The van der Waals surface area contributed by atoms with Crippen LogP contribution in [0.15, 0.2) is 0 Å². The number of carbonyl (C=O) groups is 1. The highest BCUT2D eigenvalue weighted by atomic mass is 16.3. The molecular formula is C12H21NO2. The van der Waals surface area contributed by atoms with E-state index in [4.69, 9.17) is 0 Å². The van der Waals surface area contributed by atoms with Gasteiger partial charge in [0.25, 0.3) is 0 Å². The summed E-state index contributed by atoms with van der Waals surface area (Å²) in [6.45, 7) is 3.11. The number of hydrogen-bond donors (Lipinski definition) is 1. The lowest BCUT2D eigenvalue weighted by atomic mass is 9.82. The van der Waals surface area contributed by atoms with Crippen molar-refractivity contribution >= 4 is 5.91 Å². The lowest BCUT2D eigenvalue weighted by Gasteiger charge is -2.42. The first-order valence-corrected chi connectivity index (χ1v) is 6.16. The third kappa shape index (κ3) is 2.33. The summed E-state index contributed by atoms with van der Waals surface area (Å²) < 4.78 is 0. The Balaban J connectivity index is 2.03. The maximum atomic E-state index is 11.8. The zero-order valence-electron chi connectivity index (χ0n) is 9.48. The van der Waals surface area contributed by atoms with Crippen LogP contribution in [0.25, 0.3) is 0 Å². The van der Waals surface area contributed by atoms with E-state index in [1.54, 1.807) is 0 Å². The van der Waals surface area contributed by atoms with Gasteiger partial charge in [-0.1, -0.05) is 6.92 Å². The maximum Gasteiger partial charge on any atom is 0.222 e. The molecule has 1 aliphatic heterocycles. The molecule has 0 aromatic heterocycles. The lowest BCUT2D eigenvalue weighted by Crippen LogP contribution is -2.49. The number of amides is 1. The molecule has 15 heavy (non-hydrogen) atoms. The number of likely N-dealkylation sites (tertiary alicyclic amines) is 1. The summed E-state index contributed by atoms with van der Waals surface area (Å²) in [6.07, 6.45) is 5.42. The number of carbonyl (C=O) groups excluding carboxylic acids is 1. The van der Waals surface area contributed by atoms with E-state index >= 15 is 0 Å². The van der Waals surface area contributed by atoms with Crippen LogP contribution in [0.2, 0.25) is 0 Å². The van der Waals surface area contributed by atoms with E-state index in [2.05, 4.69) is 6.92 Å². The van der Waals surface area contributed by atoms with Crippen molar-refractivity contribution < 1.29 is 9.90 Å². The fourth-order valence-electron chi connectivity index (χ4n) is 2.89. The minimum atomic E-state index is -0.194. The van der Waals surface area contributed by atoms with Gasteiger partial charge in [-0.15, -0.1) is 0 Å². The quantitative estimate of drug-likeness (QED) is 0.715. The highest BCUT2D eigenvalue weighted by Gasteiger charge is 2.34. The summed E-state index contributed by atoms with van der Waals surface area (Å²) in [5.74, 6) is 0.850. The summed E-state index contributed by atoms with van der Waals surface area (Å²) in [5.41, 5.74) is 0. The van der Waals surface area contributed by atoms with Crippen LogP contribution >= 0.6 is 0 Å². The van der Waals surface area contributed by atoms with E-state index in [0.717, 1.165) is 38.6 Å². The van der Waals surface area contributed by atoms with Crippen LogP contribution < -0.4 is 0 Å². The molecule has 0 aromatic carbocycles. The van der Waals surface area contributed by atoms with Gasteiger partial charge in [-0.2, -0.15) is 0 Å². The van der Waals surface area contributed by atoms with Crippen molar-refractivity contribution in [3.8, 4) is 0 Å². The normalized spacial score (nSPS) is 38.1. The number of aliphatic hydroxyl groups excluding tert-OH is 1. The smallest absolute Gasteiger partial charge is 0.222 e. The van der Waals surface area contributed by atoms with Crippen LogP contribution in [0.3, 0.4) is 0 Å². The molecule has 3 nitrogen and oxygen atoms in total. The monoisotopic (exact) mass is 211 g/mol. The Morgan fingerprint density at radius 1 is 1.33 bits per heavy atom. The molecule has 86 valence electrons. The number of hydrogen-bond acceptors (Lipinski definition) is 2. The fourth-order valence-corrected chi connectivity index (χ4v) is 2.89. The molecule has 2 aliphatic rings. The van der Waals surface area contributed by atoms with Gasteiger partial charge >= 0.3 is 0 Å². The standard InChI is InChI=1S/C12H21NO2/c1-9-5-6-10(14)8-11(9)13-7-3-2-4-12(13)15/h9-11,14H,2-8H2,1H3. The zero-order valence-corrected chi connectivity index (χ0v) is 9.48. The van der Waals surface area contributed by atoms with Crippen molar-refractivity contribution in [2.75, 3.05) is 6.54 Å². The summed E-state index contributed by atoms with van der Waals surface area (Å²) in [6, 6.07) is 0.293. The third-order valence-corrected chi connectivity index (χ3v) is 3.89. The summed E-state index contributed by atoms with van der Waals surface area (Å²) in [4.78, 5) is 13.8. The lowest BCUT2D eigenvalue weighted by molar-refractivity contribution is -0.138. The molecule has 1 saturated carbocycles. The van der Waals surface area contributed by atoms with Crippen molar-refractivity contribution in [2.24, 2.45) is 5.92 Å². The minimum absolute atomic E-state index is 0.194. The first-order valence-electron chi connectivity index (χ1n) is 6.16. The van der Waals surface area contributed by atoms with Crippen molar-refractivity contribution in [3.05, 3.63) is 0 Å². The van der Waals surface area contributed by atoms with E-state index in [0.29, 0.717) is 24.3 Å². The van der Waals surface area contributed by atoms with Crippen molar-refractivity contribution in [1.29, 1.82) is 0 Å². The van der Waals surface area contributed by atoms with E-state index in [-0.39, 0.29) is 6.10 Å². The number of piperidine rings is 1. The van der Waals surface area contributed by atoms with Crippen LogP contribution in [-0.4, -0.2) is 34.6 Å². The highest BCUT2D eigenvalue weighted by molar-refractivity contribution is 5.77. The Morgan fingerprint density at radius 2 is 2.13 bits per heavy atom. The van der Waals surface area contributed by atoms with Gasteiger partial charge in [-0.05, 0) is 38.0 Å². The van der Waals surface area contributed by atoms with Gasteiger partial charge in [0.15, 0.2) is 0 Å². The van der Waals surface area contributed by atoms with Gasteiger partial charge in [0, 0.05) is 19.0 Å². The molecule has 1 amide bonds. The zero-order chi connectivity index (χ0) is 10.8. The maximum absolute atomic E-state index is 11.8. The number of aliphatic hydroxyl groups is 1. The Morgan fingerprint density at radius 3 is 2.87 bits per heavy atom. The molecule has 1 N–H and O–H groups in total. The van der Waals surface area contributed by atoms with E-state index < -0.39 is 0 Å². The SMILES string of the molecule is CC1CCC(O)CC1N1CCCCC1=O. The second-order valence-corrected chi connectivity index (χ2v) is 5.06. The molecule has 2 rings (SSSR count). The van der Waals surface area contributed by atoms with Crippen molar-refractivity contribution in [2.45, 2.75) is 57.6 Å². The van der Waals surface area contributed by atoms with Gasteiger partial charge in [0.05, 0.1) is 6.10 Å². The molecule has 1 heterocycles. The summed E-state index contributed by atoms with van der Waals surface area (Å²) in [7, 11) is 0. The van der Waals surface area contributed by atoms with Gasteiger partial charge in [-0.25, -0.2) is 0 Å². The molecule has 1 aliphatic carbocycles. The third-order valence-electron chi connectivity index (χ3n) is 3.89. The molecule has 1 saturated heterocycles. The molecule has 0 radical (unpaired) electrons. The predicted molar refractivity (Wildman–Crippen MR) is 58.4 cm³/mol. The Bertz CT molecular complexity index is 242. The molecule has 0 bridgehead atoms. The Kier molecular flexibility index (Phi) is 3.29. The van der Waals surface area contributed by atoms with Crippen LogP contribution in [0.5, 0.6) is 0 Å². The van der Waals surface area contributed by atoms with Gasteiger partial charge < -0.3 is 10.0 Å². The largest absolute Gasteiger partial charge is 0.393 e. The molecule has 3 unspecified atom stereocenters. The van der Waals surface area contributed by atoms with Crippen LogP contribution in [0.1, 0.15) is 45.4 Å². The van der Waals surface area contributed by atoms with Crippen LogP contribution in [0, 0.1) is 5.92 Å². The number of nitrogens with zero attached hydrogens (tertiary/aromatic N) is 1. The van der Waals surface area contributed by atoms with Gasteiger partial charge in [0.1, 0.15) is 0 Å². The van der Waals surface area contributed by atoms with E-state index in [1.807, 2.05) is 4.90 Å². The Hall–Kier alpha value is -0.570. The van der Waals surface area contributed by atoms with E-state index in [9.17, 15) is 9.90 Å². The van der Waals surface area contributed by atoms with Gasteiger partial charge in [0.2, 0.25) is 5.91 Å². The topological polar surface area (TPSA) is 40.5 Å². The number of rotatable bonds is 1. The fraction of sp³-hybridized carbons (Fsp3) is 0.917.